The molecule has 2 N–H and O–H groups in total. The van der Waals surface area contributed by atoms with E-state index in [2.05, 4.69) is 15.0 Å². The topological polar surface area (TPSA) is 71.1 Å². The van der Waals surface area contributed by atoms with Crippen LogP contribution in [0, 0.1) is 6.92 Å². The highest BCUT2D eigenvalue weighted by Gasteiger charge is 2.17. The van der Waals surface area contributed by atoms with Crippen LogP contribution in [0.5, 0.6) is 0 Å². The van der Waals surface area contributed by atoms with E-state index in [1.165, 1.54) is 11.3 Å². The zero-order valence-electron chi connectivity index (χ0n) is 12.1. The van der Waals surface area contributed by atoms with Gasteiger partial charge in [-0.15, -0.1) is 11.3 Å². The van der Waals surface area contributed by atoms with Crippen molar-refractivity contribution in [3.8, 4) is 0 Å². The molecule has 0 fully saturated rings. The van der Waals surface area contributed by atoms with Gasteiger partial charge in [-0.05, 0) is 25.1 Å². The Morgan fingerprint density at radius 1 is 1.24 bits per heavy atom. The van der Waals surface area contributed by atoms with E-state index in [1.807, 2.05) is 26.0 Å². The first-order valence-electron chi connectivity index (χ1n) is 6.72. The lowest BCUT2D eigenvalue weighted by Crippen LogP contribution is -2.25. The van der Waals surface area contributed by atoms with Crippen LogP contribution in [0.2, 0.25) is 0 Å². The van der Waals surface area contributed by atoms with E-state index >= 15 is 0 Å². The average molecular weight is 325 g/mol. The number of thiazole rings is 1. The summed E-state index contributed by atoms with van der Waals surface area (Å²) in [5, 5.41) is 4.08. The predicted octanol–water partition coefficient (Wildman–Crippen LogP) is 2.04. The van der Waals surface area contributed by atoms with Crippen LogP contribution in [-0.2, 0) is 23.1 Å². The Morgan fingerprint density at radius 2 is 2.00 bits per heavy atom. The Kier molecular flexibility index (Phi) is 5.46. The molecule has 0 saturated carbocycles. The van der Waals surface area contributed by atoms with Crippen molar-refractivity contribution in [3.63, 3.8) is 0 Å². The molecule has 0 amide bonds. The van der Waals surface area contributed by atoms with Gasteiger partial charge in [0.15, 0.2) is 0 Å². The summed E-state index contributed by atoms with van der Waals surface area (Å²) in [6.45, 7) is 5.48. The summed E-state index contributed by atoms with van der Waals surface area (Å²) in [5.41, 5.74) is 0.771. The maximum atomic E-state index is 12.4. The van der Waals surface area contributed by atoms with Crippen LogP contribution in [0.4, 0.5) is 0 Å². The van der Waals surface area contributed by atoms with E-state index in [0.29, 0.717) is 11.4 Å². The smallest absolute Gasteiger partial charge is 0.241 e. The lowest BCUT2D eigenvalue weighted by molar-refractivity contribution is 0.579. The van der Waals surface area contributed by atoms with Crippen molar-refractivity contribution in [1.29, 1.82) is 0 Å². The molecular formula is C14H19N3O2S2. The van der Waals surface area contributed by atoms with E-state index in [4.69, 9.17) is 0 Å². The summed E-state index contributed by atoms with van der Waals surface area (Å²) in [6.07, 6.45) is 1.70. The summed E-state index contributed by atoms with van der Waals surface area (Å²) in [4.78, 5) is 5.35. The van der Waals surface area contributed by atoms with E-state index in [1.54, 1.807) is 18.3 Å². The molecular weight excluding hydrogens is 306 g/mol. The minimum Gasteiger partial charge on any atom is -0.313 e. The van der Waals surface area contributed by atoms with Crippen LogP contribution in [0.1, 0.15) is 22.4 Å². The van der Waals surface area contributed by atoms with Crippen molar-refractivity contribution in [1.82, 2.24) is 15.0 Å². The zero-order valence-corrected chi connectivity index (χ0v) is 13.7. The molecule has 0 bridgehead atoms. The van der Waals surface area contributed by atoms with Crippen LogP contribution in [0.3, 0.4) is 0 Å². The quantitative estimate of drug-likeness (QED) is 0.817. The maximum Gasteiger partial charge on any atom is 0.241 e. The fourth-order valence-electron chi connectivity index (χ4n) is 1.90. The van der Waals surface area contributed by atoms with Crippen LogP contribution in [-0.4, -0.2) is 19.9 Å². The van der Waals surface area contributed by atoms with Crippen LogP contribution >= 0.6 is 11.3 Å². The van der Waals surface area contributed by atoms with Gasteiger partial charge in [-0.1, -0.05) is 25.1 Å². The average Bonchev–Trinajstić information content (AvgIpc) is 2.89. The fraction of sp³-hybridized carbons (Fsp3) is 0.357. The molecule has 0 aliphatic heterocycles. The minimum absolute atomic E-state index is 0.267. The lowest BCUT2D eigenvalue weighted by atomic mass is 10.2. The monoisotopic (exact) mass is 325 g/mol. The molecule has 2 aromatic rings. The largest absolute Gasteiger partial charge is 0.313 e. The first-order valence-corrected chi connectivity index (χ1v) is 9.02. The minimum atomic E-state index is -3.52. The number of hydrogen-bond acceptors (Lipinski definition) is 5. The van der Waals surface area contributed by atoms with Gasteiger partial charge in [-0.3, -0.25) is 0 Å². The lowest BCUT2D eigenvalue weighted by Gasteiger charge is -2.11. The summed E-state index contributed by atoms with van der Waals surface area (Å²) in [5.74, 6) is 0. The molecule has 1 aromatic heterocycles. The van der Waals surface area contributed by atoms with Gasteiger partial charge in [0.2, 0.25) is 10.0 Å². The van der Waals surface area contributed by atoms with Crippen LogP contribution < -0.4 is 10.0 Å². The molecule has 0 atom stereocenters. The number of hydrogen-bond donors (Lipinski definition) is 2. The summed E-state index contributed by atoms with van der Waals surface area (Å²) >= 11 is 1.49. The molecule has 0 spiro atoms. The van der Waals surface area contributed by atoms with Gasteiger partial charge in [0.25, 0.3) is 0 Å². The van der Waals surface area contributed by atoms with Crippen molar-refractivity contribution >= 4 is 21.4 Å². The highest BCUT2D eigenvalue weighted by atomic mass is 32.2. The van der Waals surface area contributed by atoms with Gasteiger partial charge in [-0.2, -0.15) is 0 Å². The molecule has 5 nitrogen and oxygen atoms in total. The molecule has 0 aliphatic carbocycles. The summed E-state index contributed by atoms with van der Waals surface area (Å²) in [7, 11) is -3.52. The van der Waals surface area contributed by atoms with Crippen LogP contribution in [0.25, 0.3) is 0 Å². The highest BCUT2D eigenvalue weighted by Crippen LogP contribution is 2.17. The molecule has 0 unspecified atom stereocenters. The van der Waals surface area contributed by atoms with Gasteiger partial charge in [-0.25, -0.2) is 18.1 Å². The SMILES string of the molecule is CCNCc1ccccc1S(=O)(=O)NCc1cnc(C)s1. The number of aryl methyl sites for hydroxylation is 1. The Bertz CT molecular complexity index is 696. The van der Waals surface area contributed by atoms with Crippen molar-refractivity contribution < 1.29 is 8.42 Å². The summed E-state index contributed by atoms with van der Waals surface area (Å²) in [6, 6.07) is 7.04. The van der Waals surface area contributed by atoms with Crippen molar-refractivity contribution in [3.05, 3.63) is 45.9 Å². The maximum absolute atomic E-state index is 12.4. The Labute approximate surface area is 129 Å². The number of sulfonamides is 1. The van der Waals surface area contributed by atoms with E-state index in [9.17, 15) is 8.42 Å². The second-order valence-electron chi connectivity index (χ2n) is 4.56. The van der Waals surface area contributed by atoms with E-state index in [-0.39, 0.29) is 6.54 Å². The predicted molar refractivity (Wildman–Crippen MR) is 84.7 cm³/mol. The van der Waals surface area contributed by atoms with Gasteiger partial charge >= 0.3 is 0 Å². The Morgan fingerprint density at radius 3 is 2.67 bits per heavy atom. The fourth-order valence-corrected chi connectivity index (χ4v) is 3.97. The molecule has 0 saturated heterocycles. The van der Waals surface area contributed by atoms with Crippen LogP contribution in [0.15, 0.2) is 35.4 Å². The molecule has 0 aliphatic rings. The number of nitrogens with one attached hydrogen (secondary N) is 2. The van der Waals surface area contributed by atoms with Gasteiger partial charge in [0.1, 0.15) is 0 Å². The second kappa shape index (κ2) is 7.13. The van der Waals surface area contributed by atoms with E-state index < -0.39 is 10.0 Å². The Balaban J connectivity index is 2.15. The third-order valence-corrected chi connectivity index (χ3v) is 5.35. The third kappa shape index (κ3) is 4.34. The van der Waals surface area contributed by atoms with Crippen molar-refractivity contribution in [2.75, 3.05) is 6.54 Å². The molecule has 1 aromatic carbocycles. The molecule has 21 heavy (non-hydrogen) atoms. The normalized spacial score (nSPS) is 11.7. The van der Waals surface area contributed by atoms with E-state index in [0.717, 1.165) is 22.0 Å². The standard InChI is InChI=1S/C14H19N3O2S2/c1-3-15-8-12-6-4-5-7-14(12)21(18,19)17-10-13-9-16-11(2)20-13/h4-7,9,15,17H,3,8,10H2,1-2H3. The molecule has 114 valence electrons. The molecule has 2 rings (SSSR count). The molecule has 0 radical (unpaired) electrons. The second-order valence-corrected chi connectivity index (χ2v) is 7.61. The number of rotatable bonds is 7. The third-order valence-electron chi connectivity index (χ3n) is 2.93. The van der Waals surface area contributed by atoms with Gasteiger partial charge in [0.05, 0.1) is 9.90 Å². The van der Waals surface area contributed by atoms with Crippen molar-refractivity contribution in [2.45, 2.75) is 31.8 Å². The Hall–Kier alpha value is -1.28. The first-order chi connectivity index (χ1) is 10.0. The number of aromatic nitrogens is 1. The number of nitrogens with zero attached hydrogens (tertiary/aromatic N) is 1. The van der Waals surface area contributed by atoms with Crippen molar-refractivity contribution in [2.24, 2.45) is 0 Å². The molecule has 1 heterocycles. The first kappa shape index (κ1) is 16.1. The summed E-state index contributed by atoms with van der Waals surface area (Å²) < 4.78 is 27.5. The van der Waals surface area contributed by atoms with Gasteiger partial charge < -0.3 is 5.32 Å². The number of benzene rings is 1. The molecule has 7 heteroatoms. The van der Waals surface area contributed by atoms with Gasteiger partial charge in [0, 0.05) is 24.2 Å². The highest BCUT2D eigenvalue weighted by molar-refractivity contribution is 7.89. The zero-order chi connectivity index (χ0) is 15.3.